The molecule has 10 aromatic rings. The Labute approximate surface area is 277 Å². The van der Waals surface area contributed by atoms with Gasteiger partial charge in [-0.05, 0) is 78.7 Å². The quantitative estimate of drug-likeness (QED) is 0.185. The summed E-state index contributed by atoms with van der Waals surface area (Å²) >= 11 is 0. The Morgan fingerprint density at radius 3 is 1.42 bits per heavy atom. The lowest BCUT2D eigenvalue weighted by atomic mass is 9.86. The van der Waals surface area contributed by atoms with E-state index in [1.54, 1.807) is 0 Å². The fourth-order valence-electron chi connectivity index (χ4n) is 7.50. The van der Waals surface area contributed by atoms with Crippen LogP contribution in [0.15, 0.2) is 179 Å². The molecule has 0 aliphatic heterocycles. The molecule has 8 aromatic carbocycles. The summed E-state index contributed by atoms with van der Waals surface area (Å²) in [4.78, 5) is 0. The van der Waals surface area contributed by atoms with Crippen LogP contribution in [0.3, 0.4) is 0 Å². The molecule has 2 nitrogen and oxygen atoms in total. The van der Waals surface area contributed by atoms with Gasteiger partial charge >= 0.3 is 0 Å². The van der Waals surface area contributed by atoms with E-state index in [1.165, 1.54) is 43.8 Å². The molecule has 0 radical (unpaired) electrons. The Bertz CT molecular complexity index is 2750. The standard InChI is InChI=1S/C46H28O2/c1-3-11-30(12-4-1)41-28-47-42-27-44-39(26-40(41)42)34-24-23-33(25-43(34)48-44)29-19-21-32(22-20-29)46-37-17-9-7-15-35(37)45(31-13-5-2-6-14-31)36-16-8-10-18-38(36)46/h1-28H. The highest BCUT2D eigenvalue weighted by Gasteiger charge is 2.17. The zero-order valence-electron chi connectivity index (χ0n) is 26.0. The first kappa shape index (κ1) is 26.8. The molecule has 0 amide bonds. The first-order valence-corrected chi connectivity index (χ1v) is 16.3. The second kappa shape index (κ2) is 10.6. The van der Waals surface area contributed by atoms with Crippen LogP contribution < -0.4 is 0 Å². The largest absolute Gasteiger partial charge is 0.464 e. The first-order chi connectivity index (χ1) is 23.8. The summed E-state index contributed by atoms with van der Waals surface area (Å²) in [6.45, 7) is 0. The topological polar surface area (TPSA) is 26.3 Å². The van der Waals surface area contributed by atoms with Crippen molar-refractivity contribution >= 4 is 54.5 Å². The maximum absolute atomic E-state index is 6.41. The van der Waals surface area contributed by atoms with Gasteiger partial charge in [0.15, 0.2) is 0 Å². The zero-order valence-corrected chi connectivity index (χ0v) is 26.0. The lowest BCUT2D eigenvalue weighted by Crippen LogP contribution is -1.90. The second-order valence-corrected chi connectivity index (χ2v) is 12.5. The van der Waals surface area contributed by atoms with Crippen LogP contribution in [0, 0.1) is 0 Å². The van der Waals surface area contributed by atoms with Crippen molar-refractivity contribution in [3.63, 3.8) is 0 Å². The predicted molar refractivity (Wildman–Crippen MR) is 200 cm³/mol. The van der Waals surface area contributed by atoms with E-state index in [2.05, 4.69) is 152 Å². The van der Waals surface area contributed by atoms with Crippen LogP contribution in [0.25, 0.3) is 99.0 Å². The van der Waals surface area contributed by atoms with Crippen molar-refractivity contribution in [1.29, 1.82) is 0 Å². The minimum absolute atomic E-state index is 0.827. The van der Waals surface area contributed by atoms with Crippen LogP contribution in [-0.4, -0.2) is 0 Å². The Morgan fingerprint density at radius 2 is 0.792 bits per heavy atom. The molecule has 0 fully saturated rings. The number of hydrogen-bond donors (Lipinski definition) is 0. The summed E-state index contributed by atoms with van der Waals surface area (Å²) in [6, 6.07) is 58.4. The Morgan fingerprint density at radius 1 is 0.292 bits per heavy atom. The lowest BCUT2D eigenvalue weighted by Gasteiger charge is -2.18. The van der Waals surface area contributed by atoms with Crippen molar-refractivity contribution in [2.75, 3.05) is 0 Å². The molecule has 0 spiro atoms. The van der Waals surface area contributed by atoms with Crippen LogP contribution in [-0.2, 0) is 0 Å². The Hall–Kier alpha value is -6.38. The maximum atomic E-state index is 6.41. The summed E-state index contributed by atoms with van der Waals surface area (Å²) in [5.74, 6) is 0. The van der Waals surface area contributed by atoms with Gasteiger partial charge in [-0.2, -0.15) is 0 Å². The highest BCUT2D eigenvalue weighted by Crippen LogP contribution is 2.44. The number of benzene rings is 8. The van der Waals surface area contributed by atoms with Gasteiger partial charge in [-0.3, -0.25) is 0 Å². The van der Waals surface area contributed by atoms with Crippen molar-refractivity contribution in [3.05, 3.63) is 170 Å². The SMILES string of the molecule is c1ccc(-c2coc3cc4oc5cc(-c6ccc(-c7c8ccccc8c(-c8ccccc8)c8ccccc78)cc6)ccc5c4cc23)cc1. The molecule has 0 bridgehead atoms. The van der Waals surface area contributed by atoms with Crippen LogP contribution in [0.2, 0.25) is 0 Å². The second-order valence-electron chi connectivity index (χ2n) is 12.5. The van der Waals surface area contributed by atoms with Gasteiger partial charge < -0.3 is 8.83 Å². The van der Waals surface area contributed by atoms with Gasteiger partial charge in [0, 0.05) is 27.8 Å². The number of fused-ring (bicyclic) bond motifs is 6. The summed E-state index contributed by atoms with van der Waals surface area (Å²) in [5.41, 5.74) is 12.0. The van der Waals surface area contributed by atoms with Crippen LogP contribution in [0.5, 0.6) is 0 Å². The molecule has 224 valence electrons. The maximum Gasteiger partial charge on any atom is 0.139 e. The van der Waals surface area contributed by atoms with Gasteiger partial charge in [-0.25, -0.2) is 0 Å². The Kier molecular flexibility index (Phi) is 5.91. The molecule has 10 rings (SSSR count). The van der Waals surface area contributed by atoms with E-state index in [0.717, 1.165) is 55.2 Å². The summed E-state index contributed by atoms with van der Waals surface area (Å²) in [7, 11) is 0. The number of rotatable bonds is 4. The highest BCUT2D eigenvalue weighted by molar-refractivity contribution is 6.21. The van der Waals surface area contributed by atoms with Crippen LogP contribution in [0.4, 0.5) is 0 Å². The van der Waals surface area contributed by atoms with E-state index >= 15 is 0 Å². The van der Waals surface area contributed by atoms with E-state index in [0.29, 0.717) is 0 Å². The third-order valence-electron chi connectivity index (χ3n) is 9.75. The first-order valence-electron chi connectivity index (χ1n) is 16.3. The van der Waals surface area contributed by atoms with E-state index in [-0.39, 0.29) is 0 Å². The average molecular weight is 613 g/mol. The molecule has 0 atom stereocenters. The van der Waals surface area contributed by atoms with E-state index in [4.69, 9.17) is 8.83 Å². The molecule has 2 heteroatoms. The van der Waals surface area contributed by atoms with E-state index in [9.17, 15) is 0 Å². The van der Waals surface area contributed by atoms with Gasteiger partial charge in [0.05, 0.1) is 6.26 Å². The van der Waals surface area contributed by atoms with Gasteiger partial charge in [-0.15, -0.1) is 0 Å². The van der Waals surface area contributed by atoms with E-state index < -0.39 is 0 Å². The summed E-state index contributed by atoms with van der Waals surface area (Å²) in [6.07, 6.45) is 1.84. The van der Waals surface area contributed by atoms with Gasteiger partial charge in [0.1, 0.15) is 16.7 Å². The van der Waals surface area contributed by atoms with Crippen molar-refractivity contribution in [2.24, 2.45) is 0 Å². The van der Waals surface area contributed by atoms with Crippen molar-refractivity contribution in [2.45, 2.75) is 0 Å². The predicted octanol–water partition coefficient (Wildman–Crippen LogP) is 13.3. The molecule has 2 aromatic heterocycles. The molecule has 2 heterocycles. The Balaban J connectivity index is 1.08. The zero-order chi connectivity index (χ0) is 31.6. The molecular formula is C46H28O2. The fraction of sp³-hybridized carbons (Fsp3) is 0. The molecule has 0 saturated heterocycles. The molecular weight excluding hydrogens is 585 g/mol. The minimum Gasteiger partial charge on any atom is -0.464 e. The van der Waals surface area contributed by atoms with Crippen LogP contribution in [0.1, 0.15) is 0 Å². The molecule has 0 N–H and O–H groups in total. The van der Waals surface area contributed by atoms with Crippen molar-refractivity contribution in [1.82, 2.24) is 0 Å². The molecule has 0 saturated carbocycles. The third-order valence-corrected chi connectivity index (χ3v) is 9.75. The highest BCUT2D eigenvalue weighted by atomic mass is 16.3. The van der Waals surface area contributed by atoms with Crippen LogP contribution >= 0.6 is 0 Å². The van der Waals surface area contributed by atoms with Gasteiger partial charge in [-0.1, -0.05) is 140 Å². The van der Waals surface area contributed by atoms with Crippen molar-refractivity contribution < 1.29 is 8.83 Å². The lowest BCUT2D eigenvalue weighted by molar-refractivity contribution is 0.614. The normalized spacial score (nSPS) is 11.8. The molecule has 0 aliphatic rings. The summed E-state index contributed by atoms with van der Waals surface area (Å²) < 4.78 is 12.4. The third kappa shape index (κ3) is 4.13. The molecule has 0 aliphatic carbocycles. The minimum atomic E-state index is 0.827. The smallest absolute Gasteiger partial charge is 0.139 e. The van der Waals surface area contributed by atoms with Crippen molar-refractivity contribution in [3.8, 4) is 44.5 Å². The molecule has 0 unspecified atom stereocenters. The molecule has 48 heavy (non-hydrogen) atoms. The number of furan rings is 2. The monoisotopic (exact) mass is 612 g/mol. The van der Waals surface area contributed by atoms with E-state index in [1.807, 2.05) is 18.4 Å². The number of hydrogen-bond acceptors (Lipinski definition) is 2. The van der Waals surface area contributed by atoms with Gasteiger partial charge in [0.25, 0.3) is 0 Å². The van der Waals surface area contributed by atoms with Gasteiger partial charge in [0.2, 0.25) is 0 Å². The summed E-state index contributed by atoms with van der Waals surface area (Å²) in [5, 5.41) is 8.33. The fourth-order valence-corrected chi connectivity index (χ4v) is 7.50. The average Bonchev–Trinajstić information content (AvgIpc) is 3.73.